The van der Waals surface area contributed by atoms with Crippen molar-refractivity contribution >= 4 is 11.8 Å². The molecular formula is C14H26O2S. The van der Waals surface area contributed by atoms with Crippen molar-refractivity contribution in [3.63, 3.8) is 0 Å². The molecule has 0 aliphatic carbocycles. The SMILES string of the molecule is C1CCSC1.CC(C)=CCCC1(C)OC1CO. The summed E-state index contributed by atoms with van der Waals surface area (Å²) in [4.78, 5) is 0. The van der Waals surface area contributed by atoms with Gasteiger partial charge in [0.2, 0.25) is 0 Å². The minimum atomic E-state index is -0.0410. The van der Waals surface area contributed by atoms with Crippen molar-refractivity contribution in [3.05, 3.63) is 11.6 Å². The number of aliphatic hydroxyl groups is 1. The Labute approximate surface area is 110 Å². The van der Waals surface area contributed by atoms with E-state index in [2.05, 4.69) is 38.6 Å². The molecule has 0 bridgehead atoms. The molecule has 2 fully saturated rings. The summed E-state index contributed by atoms with van der Waals surface area (Å²) < 4.78 is 5.36. The molecule has 0 spiro atoms. The Hall–Kier alpha value is 0.01000. The van der Waals surface area contributed by atoms with Gasteiger partial charge in [0.15, 0.2) is 0 Å². The van der Waals surface area contributed by atoms with Crippen LogP contribution in [0, 0.1) is 0 Å². The molecule has 3 heteroatoms. The molecule has 2 heterocycles. The van der Waals surface area contributed by atoms with Gasteiger partial charge < -0.3 is 9.84 Å². The first-order valence-electron chi connectivity index (χ1n) is 6.58. The van der Waals surface area contributed by atoms with Gasteiger partial charge in [-0.1, -0.05) is 11.6 Å². The zero-order valence-electron chi connectivity index (χ0n) is 11.4. The van der Waals surface area contributed by atoms with Crippen molar-refractivity contribution in [1.29, 1.82) is 0 Å². The minimum Gasteiger partial charge on any atom is -0.394 e. The van der Waals surface area contributed by atoms with Crippen LogP contribution < -0.4 is 0 Å². The summed E-state index contributed by atoms with van der Waals surface area (Å²) in [7, 11) is 0. The van der Waals surface area contributed by atoms with E-state index in [1.807, 2.05) is 0 Å². The van der Waals surface area contributed by atoms with Crippen LogP contribution in [-0.4, -0.2) is 34.9 Å². The lowest BCUT2D eigenvalue weighted by Gasteiger charge is -2.02. The maximum absolute atomic E-state index is 8.81. The number of hydrogen-bond donors (Lipinski definition) is 1. The molecule has 2 saturated heterocycles. The highest BCUT2D eigenvalue weighted by Gasteiger charge is 2.50. The van der Waals surface area contributed by atoms with Gasteiger partial charge in [0.1, 0.15) is 6.10 Å². The van der Waals surface area contributed by atoms with Gasteiger partial charge in [-0.2, -0.15) is 11.8 Å². The van der Waals surface area contributed by atoms with Crippen molar-refractivity contribution in [2.45, 2.75) is 58.2 Å². The lowest BCUT2D eigenvalue weighted by atomic mass is 10.0. The highest BCUT2D eigenvalue weighted by atomic mass is 32.2. The third kappa shape index (κ3) is 5.94. The summed E-state index contributed by atoms with van der Waals surface area (Å²) in [5, 5.41) is 8.81. The number of hydrogen-bond acceptors (Lipinski definition) is 3. The number of thioether (sulfide) groups is 1. The second-order valence-electron chi connectivity index (χ2n) is 5.24. The van der Waals surface area contributed by atoms with Crippen molar-refractivity contribution in [1.82, 2.24) is 0 Å². The van der Waals surface area contributed by atoms with Gasteiger partial charge in [-0.05, 0) is 58.0 Å². The molecular weight excluding hydrogens is 232 g/mol. The maximum atomic E-state index is 8.81. The van der Waals surface area contributed by atoms with Crippen LogP contribution in [0.15, 0.2) is 11.6 Å². The quantitative estimate of drug-likeness (QED) is 0.620. The largest absolute Gasteiger partial charge is 0.394 e. The molecule has 0 amide bonds. The van der Waals surface area contributed by atoms with E-state index in [1.54, 1.807) is 0 Å². The van der Waals surface area contributed by atoms with Crippen LogP contribution in [0.3, 0.4) is 0 Å². The van der Waals surface area contributed by atoms with E-state index in [4.69, 9.17) is 9.84 Å². The van der Waals surface area contributed by atoms with Gasteiger partial charge >= 0.3 is 0 Å². The number of allylic oxidation sites excluding steroid dienone is 2. The standard InChI is InChI=1S/C10H18O2.C4H8S/c1-8(2)5-4-6-10(3)9(7-11)12-10;1-2-4-5-3-1/h5,9,11H,4,6-7H2,1-3H3;1-4H2. The van der Waals surface area contributed by atoms with Crippen LogP contribution in [0.4, 0.5) is 0 Å². The first-order chi connectivity index (χ1) is 8.08. The average molecular weight is 258 g/mol. The molecule has 0 radical (unpaired) electrons. The van der Waals surface area contributed by atoms with Crippen LogP contribution in [-0.2, 0) is 4.74 Å². The molecule has 1 N–H and O–H groups in total. The van der Waals surface area contributed by atoms with Crippen molar-refractivity contribution < 1.29 is 9.84 Å². The minimum absolute atomic E-state index is 0.0410. The van der Waals surface area contributed by atoms with E-state index in [0.29, 0.717) is 0 Å². The van der Waals surface area contributed by atoms with Crippen LogP contribution >= 0.6 is 11.8 Å². The van der Waals surface area contributed by atoms with Gasteiger partial charge in [0.05, 0.1) is 12.2 Å². The van der Waals surface area contributed by atoms with Gasteiger partial charge in [0, 0.05) is 0 Å². The maximum Gasteiger partial charge on any atom is 0.110 e. The highest BCUT2D eigenvalue weighted by Crippen LogP contribution is 2.39. The number of ether oxygens (including phenoxy) is 1. The van der Waals surface area contributed by atoms with Crippen LogP contribution in [0.5, 0.6) is 0 Å². The van der Waals surface area contributed by atoms with E-state index in [-0.39, 0.29) is 18.3 Å². The predicted octanol–water partition coefficient (Wildman–Crippen LogP) is 3.40. The second kappa shape index (κ2) is 7.45. The Morgan fingerprint density at radius 3 is 2.41 bits per heavy atom. The summed E-state index contributed by atoms with van der Waals surface area (Å²) in [6.07, 6.45) is 7.29. The van der Waals surface area contributed by atoms with Gasteiger partial charge in [-0.3, -0.25) is 0 Å². The third-order valence-electron chi connectivity index (χ3n) is 3.22. The van der Waals surface area contributed by atoms with E-state index >= 15 is 0 Å². The molecule has 2 nitrogen and oxygen atoms in total. The van der Waals surface area contributed by atoms with E-state index in [0.717, 1.165) is 12.8 Å². The summed E-state index contributed by atoms with van der Waals surface area (Å²) in [5.74, 6) is 2.83. The average Bonchev–Trinajstić information content (AvgIpc) is 2.73. The second-order valence-corrected chi connectivity index (χ2v) is 6.47. The lowest BCUT2D eigenvalue weighted by molar-refractivity contribution is 0.235. The Morgan fingerprint density at radius 2 is 2.06 bits per heavy atom. The fourth-order valence-electron chi connectivity index (χ4n) is 1.90. The fourth-order valence-corrected chi connectivity index (χ4v) is 2.92. The van der Waals surface area contributed by atoms with Gasteiger partial charge in [0.25, 0.3) is 0 Å². The normalized spacial score (nSPS) is 30.5. The zero-order valence-corrected chi connectivity index (χ0v) is 12.2. The Bertz CT molecular complexity index is 237. The van der Waals surface area contributed by atoms with Crippen molar-refractivity contribution in [3.8, 4) is 0 Å². The fraction of sp³-hybridized carbons (Fsp3) is 0.857. The number of aliphatic hydroxyl groups excluding tert-OH is 1. The smallest absolute Gasteiger partial charge is 0.110 e. The summed E-state index contributed by atoms with van der Waals surface area (Å²) in [5.41, 5.74) is 1.31. The molecule has 100 valence electrons. The molecule has 2 rings (SSSR count). The summed E-state index contributed by atoms with van der Waals surface area (Å²) in [6, 6.07) is 0. The summed E-state index contributed by atoms with van der Waals surface area (Å²) in [6.45, 7) is 6.41. The molecule has 2 aliphatic heterocycles. The Kier molecular flexibility index (Phi) is 6.60. The Balaban J connectivity index is 0.000000239. The first-order valence-corrected chi connectivity index (χ1v) is 7.74. The summed E-state index contributed by atoms with van der Waals surface area (Å²) >= 11 is 2.07. The molecule has 2 atom stereocenters. The van der Waals surface area contributed by atoms with E-state index < -0.39 is 0 Å². The third-order valence-corrected chi connectivity index (χ3v) is 4.38. The molecule has 0 aromatic carbocycles. The molecule has 17 heavy (non-hydrogen) atoms. The highest BCUT2D eigenvalue weighted by molar-refractivity contribution is 7.99. The van der Waals surface area contributed by atoms with Gasteiger partial charge in [-0.25, -0.2) is 0 Å². The molecule has 0 aromatic heterocycles. The molecule has 2 aliphatic rings. The van der Waals surface area contributed by atoms with E-state index in [9.17, 15) is 0 Å². The molecule has 0 aromatic rings. The predicted molar refractivity (Wildman–Crippen MR) is 75.6 cm³/mol. The van der Waals surface area contributed by atoms with Crippen LogP contribution in [0.1, 0.15) is 46.5 Å². The van der Waals surface area contributed by atoms with Gasteiger partial charge in [-0.15, -0.1) is 0 Å². The Morgan fingerprint density at radius 1 is 1.41 bits per heavy atom. The van der Waals surface area contributed by atoms with Crippen LogP contribution in [0.2, 0.25) is 0 Å². The van der Waals surface area contributed by atoms with Crippen LogP contribution in [0.25, 0.3) is 0 Å². The molecule has 0 saturated carbocycles. The van der Waals surface area contributed by atoms with E-state index in [1.165, 1.54) is 29.9 Å². The number of epoxide rings is 1. The topological polar surface area (TPSA) is 32.8 Å². The number of rotatable bonds is 4. The monoisotopic (exact) mass is 258 g/mol. The van der Waals surface area contributed by atoms with Crippen molar-refractivity contribution in [2.75, 3.05) is 18.1 Å². The van der Waals surface area contributed by atoms with Crippen molar-refractivity contribution in [2.24, 2.45) is 0 Å². The molecule has 2 unspecified atom stereocenters. The zero-order chi connectivity index (χ0) is 12.7. The first kappa shape index (κ1) is 15.1. The lowest BCUT2D eigenvalue weighted by Crippen LogP contribution is -2.11.